The van der Waals surface area contributed by atoms with E-state index < -0.39 is 0 Å². The number of carbonyl (C=O) groups excluding carboxylic acids is 1. The molecule has 4 rings (SSSR count). The van der Waals surface area contributed by atoms with Gasteiger partial charge in [0.1, 0.15) is 5.82 Å². The lowest BCUT2D eigenvalue weighted by Gasteiger charge is -2.19. The molecular weight excluding hydrogens is 340 g/mol. The van der Waals surface area contributed by atoms with Crippen molar-refractivity contribution in [2.24, 2.45) is 0 Å². The van der Waals surface area contributed by atoms with Crippen molar-refractivity contribution in [2.75, 3.05) is 5.32 Å². The van der Waals surface area contributed by atoms with Crippen LogP contribution < -0.4 is 5.32 Å². The molecule has 3 aromatic heterocycles. The van der Waals surface area contributed by atoms with Crippen LogP contribution in [-0.4, -0.2) is 20.5 Å². The number of rotatable bonds is 3. The summed E-state index contributed by atoms with van der Waals surface area (Å²) >= 11 is 0. The van der Waals surface area contributed by atoms with Gasteiger partial charge in [0.25, 0.3) is 5.91 Å². The summed E-state index contributed by atoms with van der Waals surface area (Å²) in [7, 11) is 0. The van der Waals surface area contributed by atoms with Crippen LogP contribution in [0.15, 0.2) is 65.6 Å². The Balaban J connectivity index is 1.64. The average molecular weight is 360 g/mol. The maximum absolute atomic E-state index is 12.7. The first-order chi connectivity index (χ1) is 12.9. The van der Waals surface area contributed by atoms with Crippen LogP contribution in [0.4, 0.5) is 5.82 Å². The molecule has 6 nitrogen and oxygen atoms in total. The molecule has 0 aliphatic heterocycles. The van der Waals surface area contributed by atoms with E-state index in [0.717, 1.165) is 11.3 Å². The molecule has 1 N–H and O–H groups in total. The van der Waals surface area contributed by atoms with E-state index in [4.69, 9.17) is 4.42 Å². The molecule has 0 aliphatic carbocycles. The van der Waals surface area contributed by atoms with Crippen molar-refractivity contribution >= 4 is 17.4 Å². The van der Waals surface area contributed by atoms with Gasteiger partial charge in [-0.25, -0.2) is 9.50 Å². The van der Waals surface area contributed by atoms with Gasteiger partial charge in [-0.2, -0.15) is 5.10 Å². The van der Waals surface area contributed by atoms with E-state index >= 15 is 0 Å². The lowest BCUT2D eigenvalue weighted by atomic mass is 9.87. The maximum atomic E-state index is 12.7. The topological polar surface area (TPSA) is 72.4 Å². The second-order valence-electron chi connectivity index (χ2n) is 7.42. The summed E-state index contributed by atoms with van der Waals surface area (Å²) in [4.78, 5) is 17.1. The Kier molecular flexibility index (Phi) is 4.03. The zero-order valence-corrected chi connectivity index (χ0v) is 15.4. The zero-order chi connectivity index (χ0) is 19.0. The van der Waals surface area contributed by atoms with E-state index in [-0.39, 0.29) is 11.3 Å². The predicted molar refractivity (Wildman–Crippen MR) is 104 cm³/mol. The van der Waals surface area contributed by atoms with Gasteiger partial charge in [0.2, 0.25) is 0 Å². The van der Waals surface area contributed by atoms with Crippen LogP contribution >= 0.6 is 0 Å². The van der Waals surface area contributed by atoms with Gasteiger partial charge in [0.15, 0.2) is 5.65 Å². The monoisotopic (exact) mass is 360 g/mol. The number of amides is 1. The van der Waals surface area contributed by atoms with Crippen LogP contribution in [0.2, 0.25) is 0 Å². The lowest BCUT2D eigenvalue weighted by Crippen LogP contribution is -2.15. The maximum Gasteiger partial charge on any atom is 0.256 e. The van der Waals surface area contributed by atoms with Crippen LogP contribution in [0.25, 0.3) is 16.9 Å². The van der Waals surface area contributed by atoms with Gasteiger partial charge in [-0.05, 0) is 29.2 Å². The SMILES string of the molecule is CC(C)(C)c1ccc(C(=O)Nc2cc(-c3ccoc3)n3nccc3n2)cc1. The Morgan fingerprint density at radius 2 is 1.89 bits per heavy atom. The number of benzene rings is 1. The highest BCUT2D eigenvalue weighted by Crippen LogP contribution is 2.24. The Morgan fingerprint density at radius 3 is 2.56 bits per heavy atom. The second-order valence-corrected chi connectivity index (χ2v) is 7.42. The predicted octanol–water partition coefficient (Wildman–Crippen LogP) is 4.54. The first-order valence-electron chi connectivity index (χ1n) is 8.71. The largest absolute Gasteiger partial charge is 0.472 e. The minimum absolute atomic E-state index is 0.0447. The van der Waals surface area contributed by atoms with Crippen LogP contribution in [-0.2, 0) is 5.41 Å². The quantitative estimate of drug-likeness (QED) is 0.582. The Bertz CT molecular complexity index is 1090. The van der Waals surface area contributed by atoms with Crippen LogP contribution in [0.3, 0.4) is 0 Å². The highest BCUT2D eigenvalue weighted by molar-refractivity contribution is 6.04. The van der Waals surface area contributed by atoms with Gasteiger partial charge in [-0.15, -0.1) is 0 Å². The lowest BCUT2D eigenvalue weighted by molar-refractivity contribution is 0.102. The fourth-order valence-corrected chi connectivity index (χ4v) is 2.90. The Labute approximate surface area is 156 Å². The van der Waals surface area contributed by atoms with E-state index in [1.54, 1.807) is 35.4 Å². The summed E-state index contributed by atoms with van der Waals surface area (Å²) in [6.45, 7) is 6.43. The third-order valence-corrected chi connectivity index (χ3v) is 4.43. The van der Waals surface area contributed by atoms with E-state index in [9.17, 15) is 4.79 Å². The molecule has 3 heterocycles. The van der Waals surface area contributed by atoms with Crippen molar-refractivity contribution in [1.29, 1.82) is 0 Å². The van der Waals surface area contributed by atoms with Crippen molar-refractivity contribution in [3.8, 4) is 11.3 Å². The molecule has 0 bridgehead atoms. The molecule has 0 atom stereocenters. The number of hydrogen-bond acceptors (Lipinski definition) is 4. The highest BCUT2D eigenvalue weighted by Gasteiger charge is 2.16. The molecule has 4 aromatic rings. The van der Waals surface area contributed by atoms with Crippen molar-refractivity contribution in [2.45, 2.75) is 26.2 Å². The number of anilines is 1. The number of nitrogens with one attached hydrogen (secondary N) is 1. The summed E-state index contributed by atoms with van der Waals surface area (Å²) in [6.07, 6.45) is 4.90. The molecular formula is C21H20N4O2. The van der Waals surface area contributed by atoms with Gasteiger partial charge < -0.3 is 9.73 Å². The van der Waals surface area contributed by atoms with Crippen molar-refractivity contribution in [1.82, 2.24) is 14.6 Å². The summed E-state index contributed by atoms with van der Waals surface area (Å²) in [5.41, 5.74) is 4.10. The summed E-state index contributed by atoms with van der Waals surface area (Å²) in [6, 6.07) is 13.1. The molecule has 1 amide bonds. The number of nitrogens with zero attached hydrogens (tertiary/aromatic N) is 3. The standard InChI is InChI=1S/C21H20N4O2/c1-21(2,3)16-6-4-14(5-7-16)20(26)24-18-12-17(15-9-11-27-13-15)25-19(23-18)8-10-22-25/h4-13H,1-3H3,(H,23,24,26). The molecule has 27 heavy (non-hydrogen) atoms. The van der Waals surface area contributed by atoms with Crippen LogP contribution in [0, 0.1) is 0 Å². The smallest absolute Gasteiger partial charge is 0.256 e. The molecule has 0 saturated heterocycles. The minimum atomic E-state index is -0.204. The highest BCUT2D eigenvalue weighted by atomic mass is 16.3. The first-order valence-corrected chi connectivity index (χ1v) is 8.71. The molecule has 0 radical (unpaired) electrons. The summed E-state index contributed by atoms with van der Waals surface area (Å²) in [5.74, 6) is 0.258. The fraction of sp³-hybridized carbons (Fsp3) is 0.190. The molecule has 6 heteroatoms. The van der Waals surface area contributed by atoms with Gasteiger partial charge >= 0.3 is 0 Å². The molecule has 1 aromatic carbocycles. The van der Waals surface area contributed by atoms with Crippen molar-refractivity contribution < 1.29 is 9.21 Å². The number of hydrogen-bond donors (Lipinski definition) is 1. The number of carbonyl (C=O) groups is 1. The third-order valence-electron chi connectivity index (χ3n) is 4.43. The Morgan fingerprint density at radius 1 is 1.11 bits per heavy atom. The van der Waals surface area contributed by atoms with Gasteiger partial charge in [-0.3, -0.25) is 4.79 Å². The molecule has 0 aliphatic rings. The molecule has 0 spiro atoms. The molecule has 0 unspecified atom stereocenters. The van der Waals surface area contributed by atoms with E-state index in [1.807, 2.05) is 30.3 Å². The average Bonchev–Trinajstić information content (AvgIpc) is 3.32. The van der Waals surface area contributed by atoms with E-state index in [0.29, 0.717) is 17.0 Å². The number of furan rings is 1. The zero-order valence-electron chi connectivity index (χ0n) is 15.4. The molecule has 0 saturated carbocycles. The van der Waals surface area contributed by atoms with Gasteiger partial charge in [-0.1, -0.05) is 32.9 Å². The van der Waals surface area contributed by atoms with Crippen LogP contribution in [0.5, 0.6) is 0 Å². The third kappa shape index (κ3) is 3.33. The van der Waals surface area contributed by atoms with Crippen LogP contribution in [0.1, 0.15) is 36.7 Å². The van der Waals surface area contributed by atoms with Crippen molar-refractivity contribution in [3.05, 3.63) is 72.3 Å². The minimum Gasteiger partial charge on any atom is -0.472 e. The summed E-state index contributed by atoms with van der Waals surface area (Å²) in [5, 5.41) is 7.16. The first kappa shape index (κ1) is 17.0. The van der Waals surface area contributed by atoms with Crippen molar-refractivity contribution in [3.63, 3.8) is 0 Å². The van der Waals surface area contributed by atoms with Gasteiger partial charge in [0, 0.05) is 23.3 Å². The van der Waals surface area contributed by atoms with Gasteiger partial charge in [0.05, 0.1) is 24.4 Å². The molecule has 0 fully saturated rings. The number of fused-ring (bicyclic) bond motifs is 1. The van der Waals surface area contributed by atoms with E-state index in [1.165, 1.54) is 5.56 Å². The Hall–Kier alpha value is -3.41. The number of aromatic nitrogens is 3. The summed E-state index contributed by atoms with van der Waals surface area (Å²) < 4.78 is 6.88. The fourth-order valence-electron chi connectivity index (χ4n) is 2.90. The molecule has 136 valence electrons. The van der Waals surface area contributed by atoms with E-state index in [2.05, 4.69) is 36.2 Å². The normalized spacial score (nSPS) is 11.7. The second kappa shape index (κ2) is 6.39.